The van der Waals surface area contributed by atoms with E-state index in [-0.39, 0.29) is 17.0 Å². The minimum atomic E-state index is -0.351. The molecule has 0 saturated carbocycles. The molecular formula is C19H24N4O3S2. The standard InChI is InChI=1S/C19H24N4O3S2/c1-4-23-10-12(9-20-23)16(24)21-19(27)22-17-15(18(25)26-5-2)13-7-6-11(3)8-14(13)28-17/h9-11H,4-8H2,1-3H3,(H2,21,22,24,27)/t11-/m0/s1. The molecule has 0 aromatic carbocycles. The van der Waals surface area contributed by atoms with Crippen molar-refractivity contribution in [3.05, 3.63) is 34.0 Å². The molecule has 0 radical (unpaired) electrons. The quantitative estimate of drug-likeness (QED) is 0.570. The lowest BCUT2D eigenvalue weighted by Crippen LogP contribution is -2.34. The van der Waals surface area contributed by atoms with Crippen molar-refractivity contribution in [3.8, 4) is 0 Å². The van der Waals surface area contributed by atoms with Crippen LogP contribution >= 0.6 is 23.6 Å². The largest absolute Gasteiger partial charge is 0.462 e. The fourth-order valence-corrected chi connectivity index (χ4v) is 4.88. The van der Waals surface area contributed by atoms with E-state index in [4.69, 9.17) is 17.0 Å². The van der Waals surface area contributed by atoms with Crippen molar-refractivity contribution in [1.82, 2.24) is 15.1 Å². The highest BCUT2D eigenvalue weighted by atomic mass is 32.1. The van der Waals surface area contributed by atoms with Gasteiger partial charge in [-0.25, -0.2) is 4.79 Å². The zero-order valence-electron chi connectivity index (χ0n) is 16.2. The van der Waals surface area contributed by atoms with E-state index in [2.05, 4.69) is 22.7 Å². The molecular weight excluding hydrogens is 396 g/mol. The maximum atomic E-state index is 12.5. The SMILES string of the molecule is CCOC(=O)c1c(NC(=S)NC(=O)c2cnn(CC)c2)sc2c1CC[C@H](C)C2. The van der Waals surface area contributed by atoms with Gasteiger partial charge in [-0.15, -0.1) is 11.3 Å². The van der Waals surface area contributed by atoms with E-state index in [0.29, 0.717) is 35.2 Å². The van der Waals surface area contributed by atoms with Crippen molar-refractivity contribution in [2.24, 2.45) is 5.92 Å². The number of carbonyl (C=O) groups is 2. The molecule has 0 spiro atoms. The monoisotopic (exact) mass is 420 g/mol. The van der Waals surface area contributed by atoms with Crippen molar-refractivity contribution in [1.29, 1.82) is 0 Å². The van der Waals surface area contributed by atoms with E-state index >= 15 is 0 Å². The Hall–Kier alpha value is -2.26. The molecule has 0 unspecified atom stereocenters. The lowest BCUT2D eigenvalue weighted by atomic mass is 9.88. The highest BCUT2D eigenvalue weighted by molar-refractivity contribution is 7.80. The van der Waals surface area contributed by atoms with Crippen molar-refractivity contribution in [2.75, 3.05) is 11.9 Å². The number of amides is 1. The van der Waals surface area contributed by atoms with Gasteiger partial charge in [0, 0.05) is 17.6 Å². The summed E-state index contributed by atoms with van der Waals surface area (Å²) in [6, 6.07) is 0. The molecule has 150 valence electrons. The maximum Gasteiger partial charge on any atom is 0.341 e. The topological polar surface area (TPSA) is 85.2 Å². The summed E-state index contributed by atoms with van der Waals surface area (Å²) in [5.74, 6) is -0.115. The number of rotatable bonds is 5. The molecule has 3 rings (SSSR count). The van der Waals surface area contributed by atoms with Crippen LogP contribution in [-0.2, 0) is 24.1 Å². The molecule has 1 aliphatic rings. The van der Waals surface area contributed by atoms with Crippen molar-refractivity contribution in [3.63, 3.8) is 0 Å². The van der Waals surface area contributed by atoms with E-state index in [0.717, 1.165) is 24.8 Å². The number of nitrogens with zero attached hydrogens (tertiary/aromatic N) is 2. The summed E-state index contributed by atoms with van der Waals surface area (Å²) in [6.45, 7) is 6.92. The van der Waals surface area contributed by atoms with Gasteiger partial charge in [0.25, 0.3) is 5.91 Å². The molecule has 1 amide bonds. The number of ether oxygens (including phenoxy) is 1. The van der Waals surface area contributed by atoms with E-state index in [1.54, 1.807) is 17.8 Å². The van der Waals surface area contributed by atoms with E-state index in [1.165, 1.54) is 22.4 Å². The summed E-state index contributed by atoms with van der Waals surface area (Å²) < 4.78 is 6.92. The third-order valence-corrected chi connectivity index (χ3v) is 6.04. The molecule has 0 saturated heterocycles. The van der Waals surface area contributed by atoms with Gasteiger partial charge in [0.1, 0.15) is 5.00 Å². The molecule has 1 atom stereocenters. The average Bonchev–Trinajstić information content (AvgIpc) is 3.25. The third kappa shape index (κ3) is 4.41. The summed E-state index contributed by atoms with van der Waals surface area (Å²) in [7, 11) is 0. The van der Waals surface area contributed by atoms with E-state index < -0.39 is 0 Å². The fourth-order valence-electron chi connectivity index (χ4n) is 3.22. The molecule has 2 aromatic rings. The number of esters is 1. The molecule has 0 bridgehead atoms. The number of thiocarbonyl (C=S) groups is 1. The van der Waals surface area contributed by atoms with Crippen LogP contribution in [0.15, 0.2) is 12.4 Å². The lowest BCUT2D eigenvalue weighted by molar-refractivity contribution is 0.0526. The Morgan fingerprint density at radius 3 is 2.89 bits per heavy atom. The second-order valence-corrected chi connectivity index (χ2v) is 8.28. The van der Waals surface area contributed by atoms with Gasteiger partial charge in [-0.2, -0.15) is 5.10 Å². The first-order valence-electron chi connectivity index (χ1n) is 9.39. The van der Waals surface area contributed by atoms with Crippen LogP contribution < -0.4 is 10.6 Å². The van der Waals surface area contributed by atoms with Crippen molar-refractivity contribution >= 4 is 45.5 Å². The van der Waals surface area contributed by atoms with Gasteiger partial charge in [0.2, 0.25) is 0 Å². The molecule has 2 aromatic heterocycles. The highest BCUT2D eigenvalue weighted by Crippen LogP contribution is 2.40. The Morgan fingerprint density at radius 1 is 1.43 bits per heavy atom. The number of anilines is 1. The second-order valence-electron chi connectivity index (χ2n) is 6.77. The van der Waals surface area contributed by atoms with Gasteiger partial charge in [-0.05, 0) is 56.8 Å². The second kappa shape index (κ2) is 8.83. The Morgan fingerprint density at radius 2 is 2.21 bits per heavy atom. The molecule has 9 heteroatoms. The van der Waals surface area contributed by atoms with Gasteiger partial charge >= 0.3 is 5.97 Å². The Bertz CT molecular complexity index is 903. The molecule has 0 aliphatic heterocycles. The lowest BCUT2D eigenvalue weighted by Gasteiger charge is -2.18. The van der Waals surface area contributed by atoms with Crippen LogP contribution in [-0.4, -0.2) is 33.4 Å². The summed E-state index contributed by atoms with van der Waals surface area (Å²) in [4.78, 5) is 26.1. The number of fused-ring (bicyclic) bond motifs is 1. The zero-order valence-corrected chi connectivity index (χ0v) is 17.8. The van der Waals surface area contributed by atoms with Crippen LogP contribution in [0.5, 0.6) is 0 Å². The van der Waals surface area contributed by atoms with Gasteiger partial charge in [-0.1, -0.05) is 6.92 Å². The third-order valence-electron chi connectivity index (χ3n) is 4.66. The number of nitrogens with one attached hydrogen (secondary N) is 2. The molecule has 7 nitrogen and oxygen atoms in total. The highest BCUT2D eigenvalue weighted by Gasteiger charge is 2.29. The Kier molecular flexibility index (Phi) is 6.46. The smallest absolute Gasteiger partial charge is 0.341 e. The first kappa shape index (κ1) is 20.5. The molecule has 28 heavy (non-hydrogen) atoms. The minimum absolute atomic E-state index is 0.145. The number of carbonyl (C=O) groups excluding carboxylic acids is 2. The summed E-state index contributed by atoms with van der Waals surface area (Å²) in [5.41, 5.74) is 2.02. The Labute approximate surface area is 173 Å². The first-order valence-corrected chi connectivity index (χ1v) is 10.6. The van der Waals surface area contributed by atoms with Crippen LogP contribution in [0.3, 0.4) is 0 Å². The Balaban J connectivity index is 1.77. The predicted octanol–water partition coefficient (Wildman–Crippen LogP) is 3.39. The van der Waals surface area contributed by atoms with Gasteiger partial charge in [-0.3, -0.25) is 14.8 Å². The van der Waals surface area contributed by atoms with Gasteiger partial charge < -0.3 is 10.1 Å². The number of aryl methyl sites for hydroxylation is 1. The summed E-state index contributed by atoms with van der Waals surface area (Å²) in [6.07, 6.45) is 5.98. The maximum absolute atomic E-state index is 12.5. The average molecular weight is 421 g/mol. The normalized spacial score (nSPS) is 15.6. The number of hydrogen-bond donors (Lipinski definition) is 2. The van der Waals surface area contributed by atoms with Crippen LogP contribution in [0.2, 0.25) is 0 Å². The number of hydrogen-bond acceptors (Lipinski definition) is 6. The van der Waals surface area contributed by atoms with E-state index in [9.17, 15) is 9.59 Å². The van der Waals surface area contributed by atoms with Crippen LogP contribution in [0, 0.1) is 5.92 Å². The first-order chi connectivity index (χ1) is 13.4. The van der Waals surface area contributed by atoms with Crippen molar-refractivity contribution < 1.29 is 14.3 Å². The summed E-state index contributed by atoms with van der Waals surface area (Å²) >= 11 is 6.82. The summed E-state index contributed by atoms with van der Waals surface area (Å²) in [5, 5.41) is 10.6. The van der Waals surface area contributed by atoms with E-state index in [1.807, 2.05) is 6.92 Å². The van der Waals surface area contributed by atoms with Gasteiger partial charge in [0.05, 0.1) is 23.9 Å². The molecule has 2 N–H and O–H groups in total. The molecule has 0 fully saturated rings. The minimum Gasteiger partial charge on any atom is -0.462 e. The number of aromatic nitrogens is 2. The van der Waals surface area contributed by atoms with Crippen LogP contribution in [0.4, 0.5) is 5.00 Å². The fraction of sp³-hybridized carbons (Fsp3) is 0.474. The van der Waals surface area contributed by atoms with Crippen LogP contribution in [0.25, 0.3) is 0 Å². The number of thiophene rings is 1. The van der Waals surface area contributed by atoms with Crippen LogP contribution in [0.1, 0.15) is 58.3 Å². The molecule has 1 aliphatic carbocycles. The van der Waals surface area contributed by atoms with Gasteiger partial charge in [0.15, 0.2) is 5.11 Å². The van der Waals surface area contributed by atoms with Crippen molar-refractivity contribution in [2.45, 2.75) is 46.6 Å². The predicted molar refractivity (Wildman–Crippen MR) is 113 cm³/mol. The zero-order chi connectivity index (χ0) is 20.3. The molecule has 2 heterocycles.